The van der Waals surface area contributed by atoms with Gasteiger partial charge in [0.1, 0.15) is 0 Å². The van der Waals surface area contributed by atoms with Crippen molar-refractivity contribution in [2.24, 2.45) is 29.6 Å². The molecule has 0 amide bonds. The van der Waals surface area contributed by atoms with Gasteiger partial charge < -0.3 is 5.32 Å². The SMILES string of the molecule is C(/CC1C2CC3CC(C2)CC1C3)=C1/CCCNC1. The molecular formula is C17H27N. The van der Waals surface area contributed by atoms with Crippen LogP contribution in [0.4, 0.5) is 0 Å². The molecule has 4 aliphatic carbocycles. The van der Waals surface area contributed by atoms with Crippen molar-refractivity contribution in [1.82, 2.24) is 5.32 Å². The van der Waals surface area contributed by atoms with Crippen LogP contribution >= 0.6 is 0 Å². The zero-order chi connectivity index (χ0) is 11.9. The van der Waals surface area contributed by atoms with Gasteiger partial charge in [0.05, 0.1) is 0 Å². The molecule has 1 heteroatoms. The molecule has 0 aromatic carbocycles. The molecule has 0 unspecified atom stereocenters. The maximum atomic E-state index is 3.52. The summed E-state index contributed by atoms with van der Waals surface area (Å²) in [5.74, 6) is 5.54. The van der Waals surface area contributed by atoms with Crippen LogP contribution in [-0.4, -0.2) is 13.1 Å². The number of nitrogens with one attached hydrogen (secondary N) is 1. The monoisotopic (exact) mass is 245 g/mol. The number of rotatable bonds is 2. The summed E-state index contributed by atoms with van der Waals surface area (Å²) in [6.07, 6.45) is 14.7. The van der Waals surface area contributed by atoms with E-state index in [1.54, 1.807) is 37.7 Å². The van der Waals surface area contributed by atoms with Gasteiger partial charge in [-0.2, -0.15) is 0 Å². The molecule has 0 atom stereocenters. The summed E-state index contributed by atoms with van der Waals surface area (Å²) in [5.41, 5.74) is 1.70. The molecule has 0 radical (unpaired) electrons. The van der Waals surface area contributed by atoms with Crippen LogP contribution in [0.2, 0.25) is 0 Å². The zero-order valence-corrected chi connectivity index (χ0v) is 11.5. The standard InChI is InChI=1S/C17H27N/c1-2-12(11-18-5-1)3-4-17-15-7-13-6-14(9-15)10-16(17)8-13/h3,13-18H,1-2,4-11H2/b12-3+. The third kappa shape index (κ3) is 2.05. The molecule has 18 heavy (non-hydrogen) atoms. The van der Waals surface area contributed by atoms with Gasteiger partial charge in [0, 0.05) is 6.54 Å². The lowest BCUT2D eigenvalue weighted by Gasteiger charge is -2.54. The average molecular weight is 245 g/mol. The van der Waals surface area contributed by atoms with Gasteiger partial charge in [-0.3, -0.25) is 0 Å². The number of allylic oxidation sites excluding steroid dienone is 1. The summed E-state index contributed by atoms with van der Waals surface area (Å²) >= 11 is 0. The van der Waals surface area contributed by atoms with Crippen LogP contribution in [0.25, 0.3) is 0 Å². The van der Waals surface area contributed by atoms with E-state index in [0.717, 1.165) is 29.6 Å². The van der Waals surface area contributed by atoms with Crippen LogP contribution < -0.4 is 5.32 Å². The van der Waals surface area contributed by atoms with Crippen LogP contribution in [0.5, 0.6) is 0 Å². The van der Waals surface area contributed by atoms with Gasteiger partial charge >= 0.3 is 0 Å². The third-order valence-corrected chi connectivity index (χ3v) is 6.30. The molecular weight excluding hydrogens is 218 g/mol. The summed E-state index contributed by atoms with van der Waals surface area (Å²) in [6.45, 7) is 2.41. The Morgan fingerprint density at radius 1 is 1.00 bits per heavy atom. The Balaban J connectivity index is 1.42. The van der Waals surface area contributed by atoms with Gasteiger partial charge in [-0.1, -0.05) is 11.6 Å². The second-order valence-electron chi connectivity index (χ2n) is 7.47. The van der Waals surface area contributed by atoms with Crippen molar-refractivity contribution in [1.29, 1.82) is 0 Å². The Morgan fingerprint density at radius 3 is 2.33 bits per heavy atom. The second-order valence-corrected chi connectivity index (χ2v) is 7.47. The average Bonchev–Trinajstić information content (AvgIpc) is 2.38. The topological polar surface area (TPSA) is 12.0 Å². The lowest BCUT2D eigenvalue weighted by Crippen LogP contribution is -2.44. The normalized spacial score (nSPS) is 48.9. The van der Waals surface area contributed by atoms with Gasteiger partial charge in [-0.25, -0.2) is 0 Å². The largest absolute Gasteiger partial charge is 0.313 e. The predicted octanol–water partition coefficient (Wildman–Crippen LogP) is 3.76. The number of hydrogen-bond donors (Lipinski definition) is 1. The summed E-state index contributed by atoms with van der Waals surface area (Å²) in [7, 11) is 0. The molecule has 1 nitrogen and oxygen atoms in total. The van der Waals surface area contributed by atoms with E-state index in [2.05, 4.69) is 11.4 Å². The summed E-state index contributed by atoms with van der Waals surface area (Å²) < 4.78 is 0. The van der Waals surface area contributed by atoms with Gasteiger partial charge in [0.25, 0.3) is 0 Å². The quantitative estimate of drug-likeness (QED) is 0.730. The van der Waals surface area contributed by atoms with Crippen molar-refractivity contribution >= 4 is 0 Å². The maximum Gasteiger partial charge on any atom is 0.0164 e. The van der Waals surface area contributed by atoms with E-state index in [-0.39, 0.29) is 0 Å². The molecule has 100 valence electrons. The second kappa shape index (κ2) is 4.67. The van der Waals surface area contributed by atoms with Crippen molar-refractivity contribution < 1.29 is 0 Å². The summed E-state index contributed by atoms with van der Waals surface area (Å²) in [4.78, 5) is 0. The van der Waals surface area contributed by atoms with Crippen molar-refractivity contribution in [2.45, 2.75) is 51.4 Å². The first-order chi connectivity index (χ1) is 8.88. The zero-order valence-electron chi connectivity index (χ0n) is 11.5. The van der Waals surface area contributed by atoms with Crippen LogP contribution in [0.15, 0.2) is 11.6 Å². The van der Waals surface area contributed by atoms with Crippen molar-refractivity contribution in [3.8, 4) is 0 Å². The van der Waals surface area contributed by atoms with Crippen LogP contribution in [0.3, 0.4) is 0 Å². The molecule has 0 aromatic rings. The van der Waals surface area contributed by atoms with Crippen molar-refractivity contribution in [3.05, 3.63) is 11.6 Å². The van der Waals surface area contributed by atoms with E-state index < -0.39 is 0 Å². The van der Waals surface area contributed by atoms with Gasteiger partial charge in [-0.05, 0) is 87.5 Å². The highest BCUT2D eigenvalue weighted by atomic mass is 14.9. The van der Waals surface area contributed by atoms with Gasteiger partial charge in [0.2, 0.25) is 0 Å². The van der Waals surface area contributed by atoms with Crippen molar-refractivity contribution in [3.63, 3.8) is 0 Å². The molecule has 1 saturated heterocycles. The molecule has 0 spiro atoms. The van der Waals surface area contributed by atoms with Gasteiger partial charge in [-0.15, -0.1) is 0 Å². The highest BCUT2D eigenvalue weighted by molar-refractivity contribution is 5.09. The van der Waals surface area contributed by atoms with E-state index in [1.807, 2.05) is 0 Å². The Morgan fingerprint density at radius 2 is 1.72 bits per heavy atom. The minimum atomic E-state index is 1.06. The molecule has 1 N–H and O–H groups in total. The molecule has 4 saturated carbocycles. The molecule has 4 bridgehead atoms. The van der Waals surface area contributed by atoms with Crippen LogP contribution in [0, 0.1) is 29.6 Å². The lowest BCUT2D eigenvalue weighted by atomic mass is 9.51. The molecule has 1 aliphatic heterocycles. The van der Waals surface area contributed by atoms with Crippen LogP contribution in [-0.2, 0) is 0 Å². The summed E-state index contributed by atoms with van der Waals surface area (Å²) in [6, 6.07) is 0. The fourth-order valence-electron chi connectivity index (χ4n) is 5.68. The number of piperidine rings is 1. The summed E-state index contributed by atoms with van der Waals surface area (Å²) in [5, 5.41) is 3.52. The van der Waals surface area contributed by atoms with E-state index in [1.165, 1.54) is 32.4 Å². The lowest BCUT2D eigenvalue weighted by molar-refractivity contribution is -0.0350. The van der Waals surface area contributed by atoms with E-state index in [9.17, 15) is 0 Å². The fourth-order valence-corrected chi connectivity index (χ4v) is 5.68. The van der Waals surface area contributed by atoms with Crippen LogP contribution in [0.1, 0.15) is 51.4 Å². The molecule has 5 rings (SSSR count). The Bertz CT molecular complexity index is 308. The molecule has 1 heterocycles. The molecule has 0 aromatic heterocycles. The number of hydrogen-bond acceptors (Lipinski definition) is 1. The first kappa shape index (κ1) is 11.5. The first-order valence-electron chi connectivity index (χ1n) is 8.27. The Hall–Kier alpha value is -0.300. The predicted molar refractivity (Wildman–Crippen MR) is 75.3 cm³/mol. The third-order valence-electron chi connectivity index (χ3n) is 6.30. The first-order valence-corrected chi connectivity index (χ1v) is 8.27. The van der Waals surface area contributed by atoms with E-state index in [0.29, 0.717) is 0 Å². The Kier molecular flexibility index (Phi) is 2.99. The van der Waals surface area contributed by atoms with Crippen molar-refractivity contribution in [2.75, 3.05) is 13.1 Å². The fraction of sp³-hybridized carbons (Fsp3) is 0.882. The Labute approximate surface area is 111 Å². The highest BCUT2D eigenvalue weighted by Gasteiger charge is 2.47. The molecule has 5 aliphatic rings. The van der Waals surface area contributed by atoms with Gasteiger partial charge in [0.15, 0.2) is 0 Å². The van der Waals surface area contributed by atoms with E-state index in [4.69, 9.17) is 0 Å². The molecule has 5 fully saturated rings. The van der Waals surface area contributed by atoms with E-state index >= 15 is 0 Å². The minimum Gasteiger partial charge on any atom is -0.313 e. The smallest absolute Gasteiger partial charge is 0.0164 e. The minimum absolute atomic E-state index is 1.06. The maximum absolute atomic E-state index is 3.52. The highest BCUT2D eigenvalue weighted by Crippen LogP contribution is 2.57.